The van der Waals surface area contributed by atoms with Crippen LogP contribution in [0.15, 0.2) is 146 Å². The van der Waals surface area contributed by atoms with Crippen LogP contribution in [0.4, 0.5) is 22.7 Å². The second-order valence-electron chi connectivity index (χ2n) is 30.0. The van der Waals surface area contributed by atoms with Crippen LogP contribution in [0.3, 0.4) is 0 Å². The van der Waals surface area contributed by atoms with Crippen molar-refractivity contribution in [2.45, 2.75) is 167 Å². The summed E-state index contributed by atoms with van der Waals surface area (Å²) in [6.07, 6.45) is 17.4. The van der Waals surface area contributed by atoms with E-state index in [1.807, 2.05) is 81.4 Å². The Bertz CT molecular complexity index is 5210. The maximum atomic E-state index is 13.2. The second-order valence-corrected chi connectivity index (χ2v) is 30.0. The Balaban J connectivity index is 0.000000205. The van der Waals surface area contributed by atoms with Gasteiger partial charge in [-0.15, -0.1) is 0 Å². The van der Waals surface area contributed by atoms with Gasteiger partial charge in [0.1, 0.15) is 35.8 Å². The second kappa shape index (κ2) is 42.5. The predicted molar refractivity (Wildman–Crippen MR) is 444 cm³/mol. The molecular formula is C89H98N12O19. The minimum Gasteiger partial charge on any atom is -0.485 e. The first-order chi connectivity index (χ1) is 57.7. The number of hydrogen-bond acceptors (Lipinski definition) is 22. The van der Waals surface area contributed by atoms with Gasteiger partial charge in [0.05, 0.1) is 55.8 Å². The molecular weight excluding hydrogens is 1540 g/mol. The molecule has 0 bridgehead atoms. The lowest BCUT2D eigenvalue weighted by Gasteiger charge is -2.27. The zero-order valence-corrected chi connectivity index (χ0v) is 67.6. The van der Waals surface area contributed by atoms with E-state index in [4.69, 9.17) is 19.3 Å². The van der Waals surface area contributed by atoms with Gasteiger partial charge < -0.3 is 51.2 Å². The SMILES string of the molecule is CNC(=O)c1cnc2ccc(C(=O)NCCCCCCCCCC(=O)COc3cccc4c3C(=O)N(C3CCC(=O)NC3=O)C4=O)cc2c1Nc1ccccc1.CNC(=O)c1cnc2ccc(C(=O)NCCCCCCCCCC(=O)OC(C)(C)C)cc2c1Nc1ccccc1.O=C(O)COc1cccc2c1C(=O)N(C1CCC(=O)NC1=O)C2=O. The number of hydrogen-bond donors (Lipinski definition) is 9. The molecule has 9 N–H and O–H groups in total. The molecule has 2 saturated heterocycles. The third kappa shape index (κ3) is 23.6. The van der Waals surface area contributed by atoms with Gasteiger partial charge in [-0.05, 0) is 144 Å². The standard InChI is InChI=1S/C42H44N6O8.C32H42N4O4.C15H12N2O7/c1-43-39(52)31-24-45-32-19-18-26(23-30(32)37(31)46-27-13-8-7-9-14-27)38(51)44-22-11-6-4-2-3-5-10-15-28(49)25-56-34-17-12-16-29-36(34)42(55)48(41(29)54)33-20-21-35(50)47-40(33)53;1-32(2,3)40-28(37)17-13-8-6-5-7-9-14-20-34-30(38)23-18-19-27-25(21-23)29(26(22-35-27)31(39)33-4)36-24-15-11-10-12-16-24;18-10-5-4-8(13(21)16-10)17-14(22)7-2-1-3-9(12(7)15(17)23)24-6-11(19)20/h7-9,12-14,16-19,23-24,33H,2-6,10-11,15,20-22,25H2,1H3,(H,43,52)(H,44,51)(H,45,46)(H,47,50,53);10-12,15-16,18-19,21-22H,5-9,13-14,17,20H2,1-4H3,(H,33,39)(H,34,38)(H,35,36);1-3,8H,4-6H2,(H,19,20)(H,16,18,21). The first-order valence-corrected chi connectivity index (χ1v) is 40.1. The minimum absolute atomic E-state index is 0.0177. The van der Waals surface area contributed by atoms with Crippen molar-refractivity contribution in [2.24, 2.45) is 0 Å². The number of carboxylic acids is 1. The summed E-state index contributed by atoms with van der Waals surface area (Å²) in [5.41, 5.74) is 5.56. The number of fused-ring (bicyclic) bond motifs is 4. The number of pyridine rings is 2. The highest BCUT2D eigenvalue weighted by Gasteiger charge is 2.48. The molecule has 628 valence electrons. The number of Topliss-reactive ketones (excluding diaryl/α,β-unsaturated/α-hetero) is 1. The van der Waals surface area contributed by atoms with E-state index in [-0.39, 0.29) is 101 Å². The smallest absolute Gasteiger partial charge is 0.341 e. The molecule has 2 atom stereocenters. The maximum Gasteiger partial charge on any atom is 0.341 e. The van der Waals surface area contributed by atoms with Crippen molar-refractivity contribution in [1.29, 1.82) is 0 Å². The molecule has 4 aliphatic heterocycles. The van der Waals surface area contributed by atoms with E-state index >= 15 is 0 Å². The average molecular weight is 1640 g/mol. The molecule has 8 aromatic rings. The summed E-state index contributed by atoms with van der Waals surface area (Å²) >= 11 is 0. The fraction of sp³-hybridized carbons (Fsp3) is 0.360. The third-order valence-electron chi connectivity index (χ3n) is 20.1. The minimum atomic E-state index is -1.23. The number of ketones is 1. The number of imide groups is 4. The maximum absolute atomic E-state index is 13.2. The molecule has 2 unspecified atom stereocenters. The van der Waals surface area contributed by atoms with Crippen LogP contribution in [0.1, 0.15) is 232 Å². The number of esters is 1. The van der Waals surface area contributed by atoms with Crippen molar-refractivity contribution >= 4 is 133 Å². The normalized spacial score (nSPS) is 14.7. The first-order valence-electron chi connectivity index (χ1n) is 40.1. The molecule has 2 fully saturated rings. The van der Waals surface area contributed by atoms with Crippen LogP contribution >= 0.6 is 0 Å². The summed E-state index contributed by atoms with van der Waals surface area (Å²) in [6.45, 7) is 5.86. The summed E-state index contributed by atoms with van der Waals surface area (Å²) in [4.78, 5) is 195. The van der Waals surface area contributed by atoms with Crippen LogP contribution in [-0.4, -0.2) is 172 Å². The summed E-state index contributed by atoms with van der Waals surface area (Å²) in [5, 5.41) is 32.3. The average Bonchev–Trinajstić information content (AvgIpc) is 1.58. The van der Waals surface area contributed by atoms with Crippen LogP contribution in [0.25, 0.3) is 21.8 Å². The molecule has 4 aliphatic rings. The molecule has 6 aromatic carbocycles. The Morgan fingerprint density at radius 1 is 0.467 bits per heavy atom. The molecule has 0 saturated carbocycles. The molecule has 0 radical (unpaired) electrons. The van der Waals surface area contributed by atoms with Crippen molar-refractivity contribution < 1.29 is 91.2 Å². The zero-order chi connectivity index (χ0) is 86.0. The lowest BCUT2D eigenvalue weighted by atomic mass is 10.0. The van der Waals surface area contributed by atoms with Gasteiger partial charge in [-0.1, -0.05) is 113 Å². The first kappa shape index (κ1) is 88.7. The number of carboxylic acid groups (broad SMARTS) is 1. The van der Waals surface area contributed by atoms with Crippen LogP contribution in [0.2, 0.25) is 0 Å². The van der Waals surface area contributed by atoms with E-state index < -0.39 is 77.5 Å². The summed E-state index contributed by atoms with van der Waals surface area (Å²) in [7, 11) is 3.14. The molecule has 0 aliphatic carbocycles. The topological polar surface area (TPSA) is 432 Å². The van der Waals surface area contributed by atoms with Gasteiger partial charge in [0.2, 0.25) is 23.6 Å². The summed E-state index contributed by atoms with van der Waals surface area (Å²) < 4.78 is 16.1. The highest BCUT2D eigenvalue weighted by atomic mass is 16.6. The van der Waals surface area contributed by atoms with E-state index in [2.05, 4.69) is 52.5 Å². The molecule has 6 heterocycles. The predicted octanol–water partition coefficient (Wildman–Crippen LogP) is 11.3. The number of para-hydroxylation sites is 2. The van der Waals surface area contributed by atoms with Crippen LogP contribution in [-0.2, 0) is 38.3 Å². The summed E-state index contributed by atoms with van der Waals surface area (Å²) in [5.74, 6) is -7.38. The van der Waals surface area contributed by atoms with E-state index in [0.29, 0.717) is 87.8 Å². The van der Waals surface area contributed by atoms with Crippen molar-refractivity contribution in [3.63, 3.8) is 0 Å². The van der Waals surface area contributed by atoms with Crippen molar-refractivity contribution in [3.8, 4) is 11.5 Å². The number of ether oxygens (including phenoxy) is 3. The monoisotopic (exact) mass is 1640 g/mol. The van der Waals surface area contributed by atoms with Gasteiger partial charge in [0, 0.05) is 98.5 Å². The number of nitrogens with one attached hydrogen (secondary N) is 8. The highest BCUT2D eigenvalue weighted by molar-refractivity contribution is 6.26. The van der Waals surface area contributed by atoms with Crippen molar-refractivity contribution in [3.05, 3.63) is 190 Å². The van der Waals surface area contributed by atoms with Gasteiger partial charge in [0.15, 0.2) is 12.4 Å². The highest BCUT2D eigenvalue weighted by Crippen LogP contribution is 2.37. The van der Waals surface area contributed by atoms with Gasteiger partial charge >= 0.3 is 11.9 Å². The fourth-order valence-electron chi connectivity index (χ4n) is 14.1. The molecule has 2 aromatic heterocycles. The van der Waals surface area contributed by atoms with E-state index in [0.717, 1.165) is 105 Å². The number of rotatable bonds is 36. The Morgan fingerprint density at radius 3 is 1.27 bits per heavy atom. The van der Waals surface area contributed by atoms with Gasteiger partial charge in [-0.3, -0.25) is 97.5 Å². The van der Waals surface area contributed by atoms with E-state index in [1.165, 1.54) is 36.5 Å². The van der Waals surface area contributed by atoms with Crippen LogP contribution < -0.4 is 52.0 Å². The Morgan fingerprint density at radius 2 is 0.867 bits per heavy atom. The molecule has 0 spiro atoms. The number of benzene rings is 6. The number of amides is 12. The number of unbranched alkanes of at least 4 members (excludes halogenated alkanes) is 12. The van der Waals surface area contributed by atoms with Crippen molar-refractivity contribution in [2.75, 3.05) is 51.0 Å². The van der Waals surface area contributed by atoms with Crippen LogP contribution in [0, 0.1) is 0 Å². The Labute approximate surface area is 692 Å². The van der Waals surface area contributed by atoms with Crippen LogP contribution in [0.5, 0.6) is 11.5 Å². The molecule has 120 heavy (non-hydrogen) atoms. The number of nitrogens with zero attached hydrogens (tertiary/aromatic N) is 4. The number of aromatic nitrogens is 2. The number of aliphatic carboxylic acids is 1. The van der Waals surface area contributed by atoms with Gasteiger partial charge in [-0.2, -0.15) is 0 Å². The van der Waals surface area contributed by atoms with Crippen molar-refractivity contribution in [1.82, 2.24) is 51.7 Å². The number of anilines is 4. The third-order valence-corrected chi connectivity index (χ3v) is 20.1. The van der Waals surface area contributed by atoms with Gasteiger partial charge in [-0.25, -0.2) is 4.79 Å². The molecule has 12 rings (SSSR count). The quantitative estimate of drug-likeness (QED) is 0.0100. The van der Waals surface area contributed by atoms with Gasteiger partial charge in [0.25, 0.3) is 47.3 Å². The molecule has 12 amide bonds. The van der Waals surface area contributed by atoms with E-state index in [1.54, 1.807) is 62.8 Å². The largest absolute Gasteiger partial charge is 0.485 e. The fourth-order valence-corrected chi connectivity index (χ4v) is 14.1. The number of carbonyl (C=O) groups excluding carboxylic acids is 14. The molecule has 31 heteroatoms. The number of piperidine rings is 2. The number of carbonyl (C=O) groups is 15. The Hall–Kier alpha value is -13.6. The van der Waals surface area contributed by atoms with E-state index in [9.17, 15) is 71.9 Å². The lowest BCUT2D eigenvalue weighted by Crippen LogP contribution is -2.54. The molecule has 31 nitrogen and oxygen atoms in total. The Kier molecular flexibility index (Phi) is 31.4. The summed E-state index contributed by atoms with van der Waals surface area (Å²) in [6, 6.07) is 36.3. The lowest BCUT2D eigenvalue weighted by molar-refractivity contribution is -0.155. The zero-order valence-electron chi connectivity index (χ0n) is 67.6.